The van der Waals surface area contributed by atoms with E-state index in [1.807, 2.05) is 34.6 Å². The molecule has 1 atom stereocenters. The molecule has 0 heterocycles. The summed E-state index contributed by atoms with van der Waals surface area (Å²) >= 11 is 0. The van der Waals surface area contributed by atoms with E-state index >= 15 is 0 Å². The molecule has 13 heavy (non-hydrogen) atoms. The highest BCUT2D eigenvalue weighted by atomic mass is 16.5. The van der Waals surface area contributed by atoms with Gasteiger partial charge in [0.1, 0.15) is 0 Å². The third-order valence-electron chi connectivity index (χ3n) is 2.42. The van der Waals surface area contributed by atoms with Crippen molar-refractivity contribution in [3.8, 4) is 0 Å². The molecule has 0 bridgehead atoms. The highest BCUT2D eigenvalue weighted by Crippen LogP contribution is 2.32. The number of esters is 1. The first-order chi connectivity index (χ1) is 5.64. The topological polar surface area (TPSA) is 52.3 Å². The van der Waals surface area contributed by atoms with Gasteiger partial charge in [-0.05, 0) is 19.3 Å². The normalized spacial score (nSPS) is 15.3. The monoisotopic (exact) mass is 187 g/mol. The fourth-order valence-electron chi connectivity index (χ4n) is 1.47. The fraction of sp³-hybridized carbons (Fsp3) is 0.900. The molecular weight excluding hydrogens is 166 g/mol. The molecule has 0 aromatic rings. The molecule has 0 amide bonds. The largest absolute Gasteiger partial charge is 0.469 e. The van der Waals surface area contributed by atoms with E-state index in [1.165, 1.54) is 7.11 Å². The van der Waals surface area contributed by atoms with Gasteiger partial charge in [-0.3, -0.25) is 4.79 Å². The second kappa shape index (κ2) is 3.66. The molecule has 0 aliphatic rings. The Kier molecular flexibility index (Phi) is 3.50. The number of rotatable bonds is 2. The van der Waals surface area contributed by atoms with Crippen molar-refractivity contribution in [2.75, 3.05) is 7.11 Å². The minimum atomic E-state index is -0.632. The maximum absolute atomic E-state index is 11.4. The molecule has 0 aliphatic carbocycles. The van der Waals surface area contributed by atoms with Gasteiger partial charge < -0.3 is 10.5 Å². The Morgan fingerprint density at radius 1 is 1.23 bits per heavy atom. The third kappa shape index (κ3) is 2.69. The first kappa shape index (κ1) is 12.4. The van der Waals surface area contributed by atoms with Gasteiger partial charge in [-0.25, -0.2) is 0 Å². The van der Waals surface area contributed by atoms with Crippen LogP contribution in [0.1, 0.15) is 34.6 Å². The molecule has 0 fully saturated rings. The second-order valence-corrected chi connectivity index (χ2v) is 5.06. The van der Waals surface area contributed by atoms with Crippen molar-refractivity contribution in [1.82, 2.24) is 0 Å². The quantitative estimate of drug-likeness (QED) is 0.667. The van der Waals surface area contributed by atoms with E-state index in [4.69, 9.17) is 10.5 Å². The molecular formula is C10H21NO2. The fourth-order valence-corrected chi connectivity index (χ4v) is 1.47. The molecule has 1 unspecified atom stereocenters. The zero-order valence-corrected chi connectivity index (χ0v) is 9.47. The molecule has 0 aromatic carbocycles. The molecule has 0 rings (SSSR count). The van der Waals surface area contributed by atoms with Crippen LogP contribution < -0.4 is 5.73 Å². The Bertz CT molecular complexity index is 192. The molecule has 0 aromatic heterocycles. The first-order valence-electron chi connectivity index (χ1n) is 4.48. The van der Waals surface area contributed by atoms with Crippen molar-refractivity contribution in [3.05, 3.63) is 0 Å². The van der Waals surface area contributed by atoms with E-state index in [-0.39, 0.29) is 17.4 Å². The van der Waals surface area contributed by atoms with Gasteiger partial charge >= 0.3 is 5.97 Å². The molecule has 78 valence electrons. The van der Waals surface area contributed by atoms with Crippen LogP contribution in [0, 0.1) is 10.8 Å². The predicted molar refractivity (Wildman–Crippen MR) is 53.2 cm³/mol. The Labute approximate surface area is 80.6 Å². The van der Waals surface area contributed by atoms with Crippen LogP contribution in [-0.4, -0.2) is 19.1 Å². The molecule has 0 saturated carbocycles. The zero-order chi connectivity index (χ0) is 10.9. The van der Waals surface area contributed by atoms with Crippen LogP contribution in [0.15, 0.2) is 0 Å². The Hall–Kier alpha value is -0.570. The third-order valence-corrected chi connectivity index (χ3v) is 2.42. The van der Waals surface area contributed by atoms with Gasteiger partial charge in [-0.2, -0.15) is 0 Å². The number of nitrogens with two attached hydrogens (primary N) is 1. The maximum atomic E-state index is 11.4. The van der Waals surface area contributed by atoms with Gasteiger partial charge in [0.2, 0.25) is 0 Å². The Morgan fingerprint density at radius 3 is 1.85 bits per heavy atom. The molecule has 0 spiro atoms. The van der Waals surface area contributed by atoms with E-state index in [0.29, 0.717) is 0 Å². The maximum Gasteiger partial charge on any atom is 0.312 e. The van der Waals surface area contributed by atoms with Crippen LogP contribution in [0.4, 0.5) is 0 Å². The van der Waals surface area contributed by atoms with E-state index in [0.717, 1.165) is 0 Å². The van der Waals surface area contributed by atoms with E-state index in [1.54, 1.807) is 0 Å². The zero-order valence-electron chi connectivity index (χ0n) is 9.47. The van der Waals surface area contributed by atoms with Crippen molar-refractivity contribution >= 4 is 5.97 Å². The smallest absolute Gasteiger partial charge is 0.312 e. The number of hydrogen-bond donors (Lipinski definition) is 1. The van der Waals surface area contributed by atoms with E-state index in [9.17, 15) is 4.79 Å². The minimum absolute atomic E-state index is 0.0995. The van der Waals surface area contributed by atoms with E-state index < -0.39 is 5.41 Å². The Balaban J connectivity index is 4.74. The summed E-state index contributed by atoms with van der Waals surface area (Å²) in [6.07, 6.45) is 0. The van der Waals surface area contributed by atoms with E-state index in [2.05, 4.69) is 0 Å². The SMILES string of the molecule is COC(=O)C(C)(C)C(N)C(C)(C)C. The van der Waals surface area contributed by atoms with Gasteiger partial charge in [0, 0.05) is 6.04 Å². The lowest BCUT2D eigenvalue weighted by atomic mass is 9.71. The lowest BCUT2D eigenvalue weighted by molar-refractivity contribution is -0.153. The molecule has 0 saturated heterocycles. The van der Waals surface area contributed by atoms with Crippen molar-refractivity contribution in [3.63, 3.8) is 0 Å². The van der Waals surface area contributed by atoms with Crippen LogP contribution in [0.3, 0.4) is 0 Å². The lowest BCUT2D eigenvalue weighted by Crippen LogP contribution is -2.51. The average molecular weight is 187 g/mol. The summed E-state index contributed by atoms with van der Waals surface area (Å²) in [7, 11) is 1.39. The summed E-state index contributed by atoms with van der Waals surface area (Å²) in [5.41, 5.74) is 5.27. The van der Waals surface area contributed by atoms with Crippen molar-refractivity contribution < 1.29 is 9.53 Å². The first-order valence-corrected chi connectivity index (χ1v) is 4.48. The van der Waals surface area contributed by atoms with Gasteiger partial charge in [0.15, 0.2) is 0 Å². The molecule has 0 radical (unpaired) electrons. The molecule has 2 N–H and O–H groups in total. The number of hydrogen-bond acceptors (Lipinski definition) is 3. The van der Waals surface area contributed by atoms with Gasteiger partial charge in [0.05, 0.1) is 12.5 Å². The summed E-state index contributed by atoms with van der Waals surface area (Å²) in [6, 6.07) is -0.215. The average Bonchev–Trinajstić information content (AvgIpc) is 1.99. The summed E-state index contributed by atoms with van der Waals surface area (Å²) in [6.45, 7) is 9.68. The van der Waals surface area contributed by atoms with Crippen molar-refractivity contribution in [2.45, 2.75) is 40.7 Å². The number of ether oxygens (including phenoxy) is 1. The molecule has 3 heteroatoms. The highest BCUT2D eigenvalue weighted by molar-refractivity contribution is 5.76. The highest BCUT2D eigenvalue weighted by Gasteiger charge is 2.41. The molecule has 0 aliphatic heterocycles. The lowest BCUT2D eigenvalue weighted by Gasteiger charge is -2.37. The number of carbonyl (C=O) groups is 1. The van der Waals surface area contributed by atoms with Crippen LogP contribution in [0.2, 0.25) is 0 Å². The van der Waals surface area contributed by atoms with Gasteiger partial charge in [-0.15, -0.1) is 0 Å². The van der Waals surface area contributed by atoms with Crippen molar-refractivity contribution in [2.24, 2.45) is 16.6 Å². The predicted octanol–water partition coefficient (Wildman–Crippen LogP) is 1.56. The summed E-state index contributed by atoms with van der Waals surface area (Å²) in [5, 5.41) is 0. The van der Waals surface area contributed by atoms with Crippen LogP contribution in [0.5, 0.6) is 0 Å². The van der Waals surface area contributed by atoms with Gasteiger partial charge in [-0.1, -0.05) is 20.8 Å². The van der Waals surface area contributed by atoms with Crippen LogP contribution >= 0.6 is 0 Å². The Morgan fingerprint density at radius 2 is 1.62 bits per heavy atom. The van der Waals surface area contributed by atoms with Gasteiger partial charge in [0.25, 0.3) is 0 Å². The van der Waals surface area contributed by atoms with Crippen molar-refractivity contribution in [1.29, 1.82) is 0 Å². The number of carbonyl (C=O) groups excluding carboxylic acids is 1. The summed E-state index contributed by atoms with van der Waals surface area (Å²) in [5.74, 6) is -0.255. The summed E-state index contributed by atoms with van der Waals surface area (Å²) < 4.78 is 4.71. The second-order valence-electron chi connectivity index (χ2n) is 5.06. The van der Waals surface area contributed by atoms with Crippen LogP contribution in [-0.2, 0) is 9.53 Å². The molecule has 3 nitrogen and oxygen atoms in total. The minimum Gasteiger partial charge on any atom is -0.469 e. The number of methoxy groups -OCH3 is 1. The standard InChI is InChI=1S/C10H21NO2/c1-9(2,3)7(11)10(4,5)8(12)13-6/h7H,11H2,1-6H3. The van der Waals surface area contributed by atoms with Crippen LogP contribution in [0.25, 0.3) is 0 Å². The summed E-state index contributed by atoms with van der Waals surface area (Å²) in [4.78, 5) is 11.4.